The molecule has 36 heavy (non-hydrogen) atoms. The quantitative estimate of drug-likeness (QED) is 0.532. The average molecular weight is 525 g/mol. The van der Waals surface area contributed by atoms with Gasteiger partial charge in [0.15, 0.2) is 9.84 Å². The second-order valence-electron chi connectivity index (χ2n) is 9.59. The lowest BCUT2D eigenvalue weighted by Gasteiger charge is -2.58. The monoisotopic (exact) mass is 524 g/mol. The lowest BCUT2D eigenvalue weighted by molar-refractivity contribution is -0.137. The molecule has 2 N–H and O–H groups in total. The summed E-state index contributed by atoms with van der Waals surface area (Å²) in [6.07, 6.45) is 2.46. The summed E-state index contributed by atoms with van der Waals surface area (Å²) in [6, 6.07) is 3.67. The third-order valence-electron chi connectivity index (χ3n) is 6.51. The Balaban J connectivity index is 1.14. The van der Waals surface area contributed by atoms with Crippen LogP contribution in [0, 0.1) is 5.41 Å². The second kappa shape index (κ2) is 8.25. The first-order valence-corrected chi connectivity index (χ1v) is 13.1. The van der Waals surface area contributed by atoms with E-state index in [-0.39, 0.29) is 28.9 Å². The van der Waals surface area contributed by atoms with E-state index in [4.69, 9.17) is 0 Å². The van der Waals surface area contributed by atoms with Crippen LogP contribution in [-0.2, 0) is 21.9 Å². The van der Waals surface area contributed by atoms with E-state index in [1.54, 1.807) is 17.3 Å². The molecule has 1 saturated carbocycles. The van der Waals surface area contributed by atoms with Crippen LogP contribution in [0.25, 0.3) is 5.65 Å². The van der Waals surface area contributed by atoms with Crippen molar-refractivity contribution < 1.29 is 31.2 Å². The van der Waals surface area contributed by atoms with Gasteiger partial charge in [-0.25, -0.2) is 17.7 Å². The first-order valence-electron chi connectivity index (χ1n) is 11.1. The molecular weight excluding hydrogens is 501 g/mol. The predicted molar refractivity (Wildman–Crippen MR) is 123 cm³/mol. The number of carbonyl (C=O) groups excluding carboxylic acids is 2. The van der Waals surface area contributed by atoms with Crippen LogP contribution in [-0.4, -0.2) is 64.8 Å². The van der Waals surface area contributed by atoms with Crippen LogP contribution in [0.15, 0.2) is 42.9 Å². The molecule has 0 bridgehead atoms. The molecule has 1 aromatic carbocycles. The number of alkyl halides is 3. The summed E-state index contributed by atoms with van der Waals surface area (Å²) >= 11 is 0. The summed E-state index contributed by atoms with van der Waals surface area (Å²) in [7, 11) is -3.32. The Hall–Kier alpha value is -3.55. The number of amides is 3. The van der Waals surface area contributed by atoms with Crippen LogP contribution in [0.1, 0.15) is 28.8 Å². The predicted octanol–water partition coefficient (Wildman–Crippen LogP) is 2.58. The van der Waals surface area contributed by atoms with E-state index in [1.807, 2.05) is 0 Å². The summed E-state index contributed by atoms with van der Waals surface area (Å²) in [4.78, 5) is 26.9. The van der Waals surface area contributed by atoms with E-state index >= 15 is 0 Å². The zero-order chi connectivity index (χ0) is 25.9. The number of fused-ring (bicyclic) bond motifs is 1. The first kappa shape index (κ1) is 24.2. The number of hydrogen-bond donors (Lipinski definition) is 2. The number of halogens is 3. The Morgan fingerprint density at radius 1 is 1.19 bits per heavy atom. The molecule has 10 nitrogen and oxygen atoms in total. The fourth-order valence-corrected chi connectivity index (χ4v) is 5.74. The van der Waals surface area contributed by atoms with Crippen LogP contribution in [0.3, 0.4) is 0 Å². The number of anilines is 1. The van der Waals surface area contributed by atoms with E-state index in [0.717, 1.165) is 18.4 Å². The van der Waals surface area contributed by atoms with Gasteiger partial charge >= 0.3 is 12.2 Å². The van der Waals surface area contributed by atoms with Crippen LogP contribution in [0.2, 0.25) is 0 Å². The number of nitrogens with one attached hydrogen (secondary N) is 2. The summed E-state index contributed by atoms with van der Waals surface area (Å²) in [5.74, 6) is -0.516. The second-order valence-corrected chi connectivity index (χ2v) is 11.7. The molecule has 5 rings (SSSR count). The molecule has 14 heteroatoms. The number of hydrogen-bond acceptors (Lipinski definition) is 5. The van der Waals surface area contributed by atoms with Gasteiger partial charge in [-0.3, -0.25) is 4.79 Å². The van der Waals surface area contributed by atoms with E-state index in [0.29, 0.717) is 37.1 Å². The van der Waals surface area contributed by atoms with Crippen molar-refractivity contribution in [2.75, 3.05) is 24.7 Å². The molecule has 3 aromatic rings. The minimum Gasteiger partial charge on any atom is -0.337 e. The van der Waals surface area contributed by atoms with Crippen LogP contribution >= 0.6 is 0 Å². The molecule has 1 aliphatic heterocycles. The van der Waals surface area contributed by atoms with E-state index < -0.39 is 27.6 Å². The van der Waals surface area contributed by atoms with Gasteiger partial charge in [-0.05, 0) is 31.0 Å². The highest BCUT2D eigenvalue weighted by atomic mass is 32.2. The average Bonchev–Trinajstić information content (AvgIpc) is 3.30. The number of likely N-dealkylation sites (tertiary alicyclic amines) is 1. The summed E-state index contributed by atoms with van der Waals surface area (Å²) in [6.45, 7) is 0.979. The van der Waals surface area contributed by atoms with Crippen molar-refractivity contribution in [3.05, 3.63) is 54.0 Å². The molecule has 2 aromatic heterocycles. The molecular formula is C22H23F3N6O4S. The SMILES string of the molecule is CS(=O)(=O)Cn1ccn2ncc(C(=O)N3CC4(CC(NC(=O)Nc5cccc(C(F)(F)F)c5)C4)C3)c12. The van der Waals surface area contributed by atoms with E-state index in [2.05, 4.69) is 15.7 Å². The Morgan fingerprint density at radius 3 is 2.58 bits per heavy atom. The minimum absolute atomic E-state index is 0.0462. The maximum atomic E-state index is 13.1. The zero-order valence-corrected chi connectivity index (χ0v) is 19.9. The van der Waals surface area contributed by atoms with E-state index in [9.17, 15) is 31.2 Å². The minimum atomic E-state index is -4.50. The van der Waals surface area contributed by atoms with Gasteiger partial charge in [-0.15, -0.1) is 0 Å². The van der Waals surface area contributed by atoms with Crippen molar-refractivity contribution in [3.63, 3.8) is 0 Å². The van der Waals surface area contributed by atoms with Crippen LogP contribution < -0.4 is 10.6 Å². The standard InChI is InChI=1S/C22H23F3N6O4S/c1-36(34,35)13-29-5-6-31-18(29)17(10-26-31)19(32)30-11-21(12-30)8-16(9-21)28-20(33)27-15-4-2-3-14(7-15)22(23,24)25/h2-7,10,16H,8-9,11-13H2,1H3,(H2,27,28,33). The highest BCUT2D eigenvalue weighted by Crippen LogP contribution is 2.48. The molecule has 0 unspecified atom stereocenters. The van der Waals surface area contributed by atoms with Crippen molar-refractivity contribution in [2.45, 2.75) is 30.9 Å². The van der Waals surface area contributed by atoms with Crippen LogP contribution in [0.4, 0.5) is 23.7 Å². The number of rotatable bonds is 5. The molecule has 2 aliphatic rings. The third-order valence-corrected chi connectivity index (χ3v) is 7.26. The molecule has 0 atom stereocenters. The fourth-order valence-electron chi connectivity index (χ4n) is 5.02. The maximum absolute atomic E-state index is 13.1. The molecule has 1 aliphatic carbocycles. The van der Waals surface area contributed by atoms with Gasteiger partial charge in [0, 0.05) is 48.9 Å². The number of urea groups is 1. The van der Waals surface area contributed by atoms with Crippen molar-refractivity contribution in [1.82, 2.24) is 24.4 Å². The van der Waals surface area contributed by atoms with Crippen molar-refractivity contribution >= 4 is 33.1 Å². The largest absolute Gasteiger partial charge is 0.416 e. The van der Waals surface area contributed by atoms with Gasteiger partial charge in [0.1, 0.15) is 17.1 Å². The van der Waals surface area contributed by atoms with Crippen molar-refractivity contribution in [3.8, 4) is 0 Å². The molecule has 0 radical (unpaired) electrons. The summed E-state index contributed by atoms with van der Waals surface area (Å²) < 4.78 is 64.9. The highest BCUT2D eigenvalue weighted by Gasteiger charge is 2.54. The van der Waals surface area contributed by atoms with Gasteiger partial charge in [-0.1, -0.05) is 6.07 Å². The molecule has 2 fully saturated rings. The molecule has 1 saturated heterocycles. The Morgan fingerprint density at radius 2 is 1.92 bits per heavy atom. The fraction of sp³-hybridized carbons (Fsp3) is 0.409. The third kappa shape index (κ3) is 4.64. The molecule has 3 heterocycles. The van der Waals surface area contributed by atoms with Crippen LogP contribution in [0.5, 0.6) is 0 Å². The van der Waals surface area contributed by atoms with Crippen molar-refractivity contribution in [1.29, 1.82) is 0 Å². The van der Waals surface area contributed by atoms with Gasteiger partial charge in [0.05, 0.1) is 11.8 Å². The first-order chi connectivity index (χ1) is 16.8. The number of carbonyl (C=O) groups is 2. The maximum Gasteiger partial charge on any atom is 0.416 e. The summed E-state index contributed by atoms with van der Waals surface area (Å²) in [5, 5.41) is 9.33. The normalized spacial score (nSPS) is 17.6. The topological polar surface area (TPSA) is 118 Å². The van der Waals surface area contributed by atoms with Gasteiger partial charge < -0.3 is 20.1 Å². The number of aromatic nitrogens is 3. The Bertz CT molecular complexity index is 1450. The number of nitrogens with zero attached hydrogens (tertiary/aromatic N) is 4. The Kier molecular flexibility index (Phi) is 5.54. The van der Waals surface area contributed by atoms with Gasteiger partial charge in [-0.2, -0.15) is 18.3 Å². The van der Waals surface area contributed by atoms with Gasteiger partial charge in [0.25, 0.3) is 5.91 Å². The molecule has 192 valence electrons. The summed E-state index contributed by atoms with van der Waals surface area (Å²) in [5.41, 5.74) is -0.199. The number of benzene rings is 1. The van der Waals surface area contributed by atoms with E-state index in [1.165, 1.54) is 27.4 Å². The lowest BCUT2D eigenvalue weighted by Crippen LogP contribution is -2.67. The zero-order valence-electron chi connectivity index (χ0n) is 19.1. The smallest absolute Gasteiger partial charge is 0.337 e. The van der Waals surface area contributed by atoms with Gasteiger partial charge in [0.2, 0.25) is 0 Å². The molecule has 3 amide bonds. The Labute approximate surface area is 204 Å². The number of imidazole rings is 1. The van der Waals surface area contributed by atoms with Crippen molar-refractivity contribution in [2.24, 2.45) is 5.41 Å². The molecule has 1 spiro atoms. The highest BCUT2D eigenvalue weighted by molar-refractivity contribution is 7.89. The lowest BCUT2D eigenvalue weighted by atomic mass is 9.60. The number of sulfone groups is 1.